The number of carbonyl (C=O) groups is 2. The molecule has 114 valence electrons. The average Bonchev–Trinajstić information content (AvgIpc) is 2.41. The van der Waals surface area contributed by atoms with Crippen molar-refractivity contribution in [2.24, 2.45) is 5.92 Å². The Morgan fingerprint density at radius 3 is 2.60 bits per heavy atom. The lowest BCUT2D eigenvalue weighted by Gasteiger charge is -2.38. The molecule has 0 aromatic heterocycles. The lowest BCUT2D eigenvalue weighted by Crippen LogP contribution is -2.52. The minimum Gasteiger partial charge on any atom is -0.479 e. The normalized spacial score (nSPS) is 26.2. The molecule has 0 aromatic carbocycles. The van der Waals surface area contributed by atoms with E-state index in [1.807, 2.05) is 0 Å². The Bertz CT molecular complexity index is 364. The van der Waals surface area contributed by atoms with Crippen LogP contribution in [0.2, 0.25) is 0 Å². The zero-order valence-corrected chi connectivity index (χ0v) is 12.2. The zero-order valence-electron chi connectivity index (χ0n) is 12.2. The van der Waals surface area contributed by atoms with E-state index in [4.69, 9.17) is 9.84 Å². The van der Waals surface area contributed by atoms with Crippen LogP contribution in [0.4, 0.5) is 0 Å². The minimum atomic E-state index is -0.989. The van der Waals surface area contributed by atoms with Gasteiger partial charge in [0.25, 0.3) is 0 Å². The smallest absolute Gasteiger partial charge is 0.334 e. The summed E-state index contributed by atoms with van der Waals surface area (Å²) in [4.78, 5) is 26.9. The molecule has 20 heavy (non-hydrogen) atoms. The van der Waals surface area contributed by atoms with Crippen LogP contribution >= 0.6 is 0 Å². The first-order chi connectivity index (χ1) is 9.47. The summed E-state index contributed by atoms with van der Waals surface area (Å²) in [5.74, 6) is -0.604. The third kappa shape index (κ3) is 3.70. The molecule has 2 saturated heterocycles. The van der Waals surface area contributed by atoms with Crippen LogP contribution in [0.1, 0.15) is 26.7 Å². The van der Waals surface area contributed by atoms with Crippen LogP contribution in [0.3, 0.4) is 0 Å². The van der Waals surface area contributed by atoms with E-state index in [9.17, 15) is 9.59 Å². The van der Waals surface area contributed by atoms with Crippen LogP contribution in [0.25, 0.3) is 0 Å². The molecule has 0 bridgehead atoms. The highest BCUT2D eigenvalue weighted by atomic mass is 16.5. The Morgan fingerprint density at radius 1 is 1.40 bits per heavy atom. The lowest BCUT2D eigenvalue weighted by molar-refractivity contribution is -0.165. The molecule has 2 aliphatic rings. The number of nitrogens with zero attached hydrogens (tertiary/aromatic N) is 2. The first kappa shape index (κ1) is 15.3. The van der Waals surface area contributed by atoms with Crippen molar-refractivity contribution in [1.82, 2.24) is 9.80 Å². The van der Waals surface area contributed by atoms with E-state index in [0.717, 1.165) is 25.9 Å². The maximum Gasteiger partial charge on any atom is 0.334 e. The van der Waals surface area contributed by atoms with Gasteiger partial charge < -0.3 is 19.6 Å². The van der Waals surface area contributed by atoms with Crippen LogP contribution in [-0.4, -0.2) is 71.7 Å². The highest BCUT2D eigenvalue weighted by molar-refractivity contribution is 5.81. The number of hydrogen-bond donors (Lipinski definition) is 1. The molecule has 1 amide bonds. The first-order valence-corrected chi connectivity index (χ1v) is 7.33. The quantitative estimate of drug-likeness (QED) is 0.810. The van der Waals surface area contributed by atoms with Gasteiger partial charge in [0.05, 0.1) is 6.54 Å². The van der Waals surface area contributed by atoms with Crippen LogP contribution in [0, 0.1) is 5.92 Å². The van der Waals surface area contributed by atoms with E-state index in [2.05, 4.69) is 18.7 Å². The maximum absolute atomic E-state index is 11.8. The van der Waals surface area contributed by atoms with Crippen molar-refractivity contribution >= 4 is 11.9 Å². The van der Waals surface area contributed by atoms with E-state index in [1.165, 1.54) is 0 Å². The summed E-state index contributed by atoms with van der Waals surface area (Å²) < 4.78 is 5.02. The Hall–Kier alpha value is -1.14. The van der Waals surface area contributed by atoms with Gasteiger partial charge in [-0.25, -0.2) is 4.79 Å². The molecule has 0 spiro atoms. The van der Waals surface area contributed by atoms with Gasteiger partial charge in [0.2, 0.25) is 5.91 Å². The molecule has 6 nitrogen and oxygen atoms in total. The summed E-state index contributed by atoms with van der Waals surface area (Å²) in [5.41, 5.74) is 0. The van der Waals surface area contributed by atoms with Crippen LogP contribution in [-0.2, 0) is 14.3 Å². The van der Waals surface area contributed by atoms with Gasteiger partial charge in [-0.3, -0.25) is 4.79 Å². The molecule has 0 aromatic rings. The number of hydrogen-bond acceptors (Lipinski definition) is 4. The molecular weight excluding hydrogens is 260 g/mol. The van der Waals surface area contributed by atoms with Crippen molar-refractivity contribution < 1.29 is 19.4 Å². The summed E-state index contributed by atoms with van der Waals surface area (Å²) in [6.07, 6.45) is 1.27. The summed E-state index contributed by atoms with van der Waals surface area (Å²) in [6, 6.07) is 0.567. The molecule has 2 rings (SSSR count). The third-order valence-electron chi connectivity index (χ3n) is 4.28. The van der Waals surface area contributed by atoms with Crippen molar-refractivity contribution in [3.8, 4) is 0 Å². The minimum absolute atomic E-state index is 0.0891. The average molecular weight is 284 g/mol. The standard InChI is InChI=1S/C14H24N2O4/c1-10(2)15-5-3-11(4-6-15)7-16-8-12(14(18)19)20-9-13(16)17/h10-12H,3-9H2,1-2H3,(H,18,19). The molecule has 2 aliphatic heterocycles. The van der Waals surface area contributed by atoms with Crippen molar-refractivity contribution in [1.29, 1.82) is 0 Å². The summed E-state index contributed by atoms with van der Waals surface area (Å²) in [7, 11) is 0. The van der Waals surface area contributed by atoms with Gasteiger partial charge in [0.1, 0.15) is 6.61 Å². The van der Waals surface area contributed by atoms with E-state index < -0.39 is 12.1 Å². The fourth-order valence-electron chi connectivity index (χ4n) is 2.91. The van der Waals surface area contributed by atoms with Gasteiger partial charge in [-0.15, -0.1) is 0 Å². The van der Waals surface area contributed by atoms with Crippen molar-refractivity contribution in [2.75, 3.05) is 32.8 Å². The van der Waals surface area contributed by atoms with Crippen molar-refractivity contribution in [3.63, 3.8) is 0 Å². The Morgan fingerprint density at radius 2 is 2.05 bits per heavy atom. The van der Waals surface area contributed by atoms with Crippen LogP contribution in [0.15, 0.2) is 0 Å². The van der Waals surface area contributed by atoms with E-state index >= 15 is 0 Å². The van der Waals surface area contributed by atoms with Crippen LogP contribution < -0.4 is 0 Å². The second-order valence-electron chi connectivity index (χ2n) is 6.01. The number of aliphatic carboxylic acids is 1. The second-order valence-corrected chi connectivity index (χ2v) is 6.01. The van der Waals surface area contributed by atoms with Gasteiger partial charge in [0, 0.05) is 12.6 Å². The molecule has 0 aliphatic carbocycles. The zero-order chi connectivity index (χ0) is 14.7. The largest absolute Gasteiger partial charge is 0.479 e. The van der Waals surface area contributed by atoms with Gasteiger partial charge in [-0.2, -0.15) is 0 Å². The number of ether oxygens (including phenoxy) is 1. The summed E-state index contributed by atoms with van der Waals surface area (Å²) in [5, 5.41) is 8.97. The van der Waals surface area contributed by atoms with Gasteiger partial charge >= 0.3 is 5.97 Å². The molecule has 0 radical (unpaired) electrons. The molecule has 6 heteroatoms. The predicted molar refractivity (Wildman–Crippen MR) is 73.4 cm³/mol. The summed E-state index contributed by atoms with van der Waals surface area (Å²) >= 11 is 0. The molecule has 1 N–H and O–H groups in total. The highest BCUT2D eigenvalue weighted by Crippen LogP contribution is 2.21. The number of piperidine rings is 1. The Labute approximate surface area is 119 Å². The number of rotatable bonds is 4. The molecule has 1 atom stereocenters. The van der Waals surface area contributed by atoms with Crippen LogP contribution in [0.5, 0.6) is 0 Å². The summed E-state index contributed by atoms with van der Waals surface area (Å²) in [6.45, 7) is 7.25. The number of carboxylic acids is 1. The lowest BCUT2D eigenvalue weighted by atomic mass is 9.95. The van der Waals surface area contributed by atoms with Gasteiger partial charge in [0.15, 0.2) is 6.10 Å². The predicted octanol–water partition coefficient (Wildman–Crippen LogP) is 0.419. The Balaban J connectivity index is 1.83. The van der Waals surface area contributed by atoms with E-state index in [1.54, 1.807) is 4.90 Å². The van der Waals surface area contributed by atoms with E-state index in [-0.39, 0.29) is 19.1 Å². The SMILES string of the molecule is CC(C)N1CCC(CN2CC(C(=O)O)OCC2=O)CC1. The molecular formula is C14H24N2O4. The number of amides is 1. The fraction of sp³-hybridized carbons (Fsp3) is 0.857. The Kier molecular flexibility index (Phi) is 4.99. The molecule has 0 saturated carbocycles. The van der Waals surface area contributed by atoms with Gasteiger partial charge in [-0.05, 0) is 45.7 Å². The third-order valence-corrected chi connectivity index (χ3v) is 4.28. The molecule has 1 unspecified atom stereocenters. The first-order valence-electron chi connectivity index (χ1n) is 7.33. The van der Waals surface area contributed by atoms with Gasteiger partial charge in [-0.1, -0.05) is 0 Å². The highest BCUT2D eigenvalue weighted by Gasteiger charge is 2.33. The number of carboxylic acid groups (broad SMARTS) is 1. The fourth-order valence-corrected chi connectivity index (χ4v) is 2.91. The monoisotopic (exact) mass is 284 g/mol. The van der Waals surface area contributed by atoms with Crippen molar-refractivity contribution in [2.45, 2.75) is 38.8 Å². The van der Waals surface area contributed by atoms with E-state index in [0.29, 0.717) is 18.5 Å². The number of morpholine rings is 1. The topological polar surface area (TPSA) is 70.1 Å². The second kappa shape index (κ2) is 6.54. The van der Waals surface area contributed by atoms with Crippen molar-refractivity contribution in [3.05, 3.63) is 0 Å². The molecule has 2 fully saturated rings. The number of carbonyl (C=O) groups excluding carboxylic acids is 1. The molecule has 2 heterocycles. The maximum atomic E-state index is 11.8. The number of likely N-dealkylation sites (tertiary alicyclic amines) is 1.